The molecule has 0 fully saturated rings. The summed E-state index contributed by atoms with van der Waals surface area (Å²) in [5.74, 6) is -3.42. The van der Waals surface area contributed by atoms with E-state index in [4.69, 9.17) is 32.0 Å². The zero-order chi connectivity index (χ0) is 29.9. The number of aliphatic hydroxyl groups is 2. The number of rotatable bonds is 10. The molecular formula is C29H40ClN3O7. The lowest BCUT2D eigenvalue weighted by Crippen LogP contribution is -2.39. The fourth-order valence-electron chi connectivity index (χ4n) is 3.93. The van der Waals surface area contributed by atoms with Crippen molar-refractivity contribution < 1.29 is 34.8 Å². The zero-order valence-corrected chi connectivity index (χ0v) is 23.9. The van der Waals surface area contributed by atoms with E-state index in [-0.39, 0.29) is 11.3 Å². The average Bonchev–Trinajstić information content (AvgIpc) is 3.15. The Morgan fingerprint density at radius 1 is 0.925 bits per heavy atom. The fourth-order valence-corrected chi connectivity index (χ4v) is 4.17. The molecule has 1 amide bonds. The van der Waals surface area contributed by atoms with E-state index in [9.17, 15) is 14.4 Å². The van der Waals surface area contributed by atoms with Gasteiger partial charge >= 0.3 is 11.9 Å². The van der Waals surface area contributed by atoms with Crippen LogP contribution in [0.5, 0.6) is 0 Å². The van der Waals surface area contributed by atoms with Gasteiger partial charge in [-0.3, -0.25) is 4.79 Å². The zero-order valence-electron chi connectivity index (χ0n) is 23.2. The van der Waals surface area contributed by atoms with Crippen molar-refractivity contribution in [3.05, 3.63) is 63.7 Å². The van der Waals surface area contributed by atoms with E-state index in [1.54, 1.807) is 0 Å². The monoisotopic (exact) mass is 577 g/mol. The Hall–Kier alpha value is -3.18. The summed E-state index contributed by atoms with van der Waals surface area (Å²) in [7, 11) is 0. The van der Waals surface area contributed by atoms with Gasteiger partial charge in [0.05, 0.1) is 10.7 Å². The highest BCUT2D eigenvalue weighted by molar-refractivity contribution is 6.33. The molecule has 0 spiro atoms. The van der Waals surface area contributed by atoms with Crippen LogP contribution in [0, 0.1) is 5.41 Å². The number of amides is 1. The van der Waals surface area contributed by atoms with Gasteiger partial charge in [-0.15, -0.1) is 0 Å². The van der Waals surface area contributed by atoms with E-state index in [1.807, 2.05) is 6.07 Å². The van der Waals surface area contributed by atoms with Crippen molar-refractivity contribution in [3.8, 4) is 0 Å². The largest absolute Gasteiger partial charge is 0.479 e. The normalized spacial score (nSPS) is 14.4. The Morgan fingerprint density at radius 2 is 1.50 bits per heavy atom. The minimum atomic E-state index is -2.27. The molecule has 3 rings (SSSR count). The molecule has 2 aromatic carbocycles. The highest BCUT2D eigenvalue weighted by Gasteiger charge is 2.29. The van der Waals surface area contributed by atoms with Crippen LogP contribution >= 0.6 is 11.6 Å². The van der Waals surface area contributed by atoms with Gasteiger partial charge in [0, 0.05) is 19.5 Å². The smallest absolute Gasteiger partial charge is 0.335 e. The van der Waals surface area contributed by atoms with Gasteiger partial charge in [0.2, 0.25) is 5.91 Å². The summed E-state index contributed by atoms with van der Waals surface area (Å²) in [4.78, 5) is 31.6. The average molecular weight is 578 g/mol. The topological polar surface area (TPSA) is 168 Å². The Bertz CT molecular complexity index is 1130. The van der Waals surface area contributed by atoms with Crippen molar-refractivity contribution in [1.82, 2.24) is 10.6 Å². The molecule has 11 heteroatoms. The maximum absolute atomic E-state index is 12.0. The second-order valence-corrected chi connectivity index (χ2v) is 11.3. The van der Waals surface area contributed by atoms with Gasteiger partial charge in [-0.25, -0.2) is 9.59 Å². The Kier molecular flexibility index (Phi) is 12.9. The van der Waals surface area contributed by atoms with E-state index in [1.165, 1.54) is 22.3 Å². The third kappa shape index (κ3) is 11.1. The number of carboxylic acids is 2. The van der Waals surface area contributed by atoms with Gasteiger partial charge in [0.25, 0.3) is 0 Å². The molecule has 0 radical (unpaired) electrons. The maximum Gasteiger partial charge on any atom is 0.335 e. The molecule has 2 aromatic rings. The first-order valence-corrected chi connectivity index (χ1v) is 13.6. The summed E-state index contributed by atoms with van der Waals surface area (Å²) >= 11 is 6.51. The number of benzene rings is 2. The van der Waals surface area contributed by atoms with Crippen LogP contribution in [0.1, 0.15) is 49.4 Å². The van der Waals surface area contributed by atoms with Gasteiger partial charge in [-0.1, -0.05) is 62.7 Å². The summed E-state index contributed by atoms with van der Waals surface area (Å²) < 4.78 is 0. The van der Waals surface area contributed by atoms with Crippen molar-refractivity contribution in [1.29, 1.82) is 0 Å². The maximum atomic E-state index is 12.0. The molecule has 0 saturated heterocycles. The molecule has 10 nitrogen and oxygen atoms in total. The van der Waals surface area contributed by atoms with E-state index in [0.717, 1.165) is 49.6 Å². The van der Waals surface area contributed by atoms with Crippen molar-refractivity contribution in [2.75, 3.05) is 25.0 Å². The Labute approximate surface area is 239 Å². The highest BCUT2D eigenvalue weighted by atomic mass is 35.5. The Balaban J connectivity index is 0.000000478. The second kappa shape index (κ2) is 15.6. The van der Waals surface area contributed by atoms with Crippen molar-refractivity contribution >= 4 is 35.1 Å². The number of hydrogen-bond donors (Lipinski definition) is 7. The molecule has 0 aliphatic carbocycles. The molecule has 0 bridgehead atoms. The number of carboxylic acid groups (broad SMARTS) is 2. The van der Waals surface area contributed by atoms with Crippen LogP contribution in [0.25, 0.3) is 0 Å². The molecular weight excluding hydrogens is 538 g/mol. The third-order valence-electron chi connectivity index (χ3n) is 6.24. The van der Waals surface area contributed by atoms with Crippen molar-refractivity contribution in [3.63, 3.8) is 0 Å². The molecule has 220 valence electrons. The lowest BCUT2D eigenvalue weighted by molar-refractivity contribution is -0.165. The van der Waals surface area contributed by atoms with Gasteiger partial charge < -0.3 is 36.4 Å². The number of aliphatic hydroxyl groups excluding tert-OH is 2. The molecule has 40 heavy (non-hydrogen) atoms. The lowest BCUT2D eigenvalue weighted by Gasteiger charge is -2.18. The molecule has 1 heterocycles. The lowest BCUT2D eigenvalue weighted by atomic mass is 9.97. The van der Waals surface area contributed by atoms with Gasteiger partial charge in [0.1, 0.15) is 0 Å². The van der Waals surface area contributed by atoms with E-state index in [2.05, 4.69) is 67.1 Å². The third-order valence-corrected chi connectivity index (χ3v) is 6.55. The SMILES string of the molecule is CC(C)(C)CNC(=O)CCc1ccc(CNc2c(Cl)ccc3c2CCNCC3)cc1.O=C(O)C(O)C(O)C(=O)O. The first-order chi connectivity index (χ1) is 18.8. The van der Waals surface area contributed by atoms with Crippen LogP contribution in [0.4, 0.5) is 5.69 Å². The Morgan fingerprint density at radius 3 is 2.08 bits per heavy atom. The molecule has 1 aliphatic heterocycles. The summed E-state index contributed by atoms with van der Waals surface area (Å²) in [6.45, 7) is 9.81. The number of fused-ring (bicyclic) bond motifs is 1. The summed E-state index contributed by atoms with van der Waals surface area (Å²) in [5, 5.41) is 43.3. The van der Waals surface area contributed by atoms with Gasteiger partial charge in [-0.05, 0) is 66.1 Å². The first kappa shape index (κ1) is 33.0. The van der Waals surface area contributed by atoms with Crippen LogP contribution in [0.2, 0.25) is 5.02 Å². The molecule has 1 aliphatic rings. The molecule has 7 N–H and O–H groups in total. The minimum absolute atomic E-state index is 0.112. The standard InChI is InChI=1S/C25H34ClN3O.C4H6O6/c1-25(2,3)17-29-23(30)11-8-18-4-6-19(7-5-18)16-28-24-21-13-15-27-14-12-20(21)9-10-22(24)26;5-1(3(7)8)2(6)4(9)10/h4-7,9-10,27-28H,8,11-17H2,1-3H3,(H,29,30);1-2,5-6H,(H,7,8)(H,9,10). The van der Waals surface area contributed by atoms with Gasteiger partial charge in [0.15, 0.2) is 12.2 Å². The fraction of sp³-hybridized carbons (Fsp3) is 0.483. The summed E-state index contributed by atoms with van der Waals surface area (Å²) in [6, 6.07) is 12.7. The van der Waals surface area contributed by atoms with Crippen LogP contribution in [-0.2, 0) is 40.2 Å². The quantitative estimate of drug-likeness (QED) is 0.224. The number of nitrogens with one attached hydrogen (secondary N) is 3. The van der Waals surface area contributed by atoms with Crippen LogP contribution in [-0.4, -0.2) is 70.1 Å². The van der Waals surface area contributed by atoms with E-state index >= 15 is 0 Å². The second-order valence-electron chi connectivity index (χ2n) is 10.9. The summed E-state index contributed by atoms with van der Waals surface area (Å²) in [5.41, 5.74) is 6.29. The first-order valence-electron chi connectivity index (χ1n) is 13.2. The minimum Gasteiger partial charge on any atom is -0.479 e. The van der Waals surface area contributed by atoms with E-state index < -0.39 is 24.1 Å². The predicted molar refractivity (Wildman–Crippen MR) is 154 cm³/mol. The predicted octanol–water partition coefficient (Wildman–Crippen LogP) is 2.61. The highest BCUT2D eigenvalue weighted by Crippen LogP contribution is 2.31. The molecule has 0 aromatic heterocycles. The molecule has 2 unspecified atom stereocenters. The number of anilines is 1. The summed E-state index contributed by atoms with van der Waals surface area (Å²) in [6.07, 6.45) is -1.22. The number of carbonyl (C=O) groups is 3. The van der Waals surface area contributed by atoms with Crippen LogP contribution < -0.4 is 16.0 Å². The number of carbonyl (C=O) groups excluding carboxylic acids is 1. The number of halogens is 1. The van der Waals surface area contributed by atoms with Crippen molar-refractivity contribution in [2.24, 2.45) is 5.41 Å². The number of hydrogen-bond acceptors (Lipinski definition) is 7. The van der Waals surface area contributed by atoms with Gasteiger partial charge in [-0.2, -0.15) is 0 Å². The van der Waals surface area contributed by atoms with Crippen molar-refractivity contribution in [2.45, 2.75) is 65.2 Å². The number of aliphatic carboxylic acids is 2. The van der Waals surface area contributed by atoms with Crippen LogP contribution in [0.3, 0.4) is 0 Å². The number of aryl methyl sites for hydroxylation is 1. The molecule has 0 saturated carbocycles. The van der Waals surface area contributed by atoms with E-state index in [0.29, 0.717) is 13.0 Å². The molecule has 2 atom stereocenters. The van der Waals surface area contributed by atoms with Crippen LogP contribution in [0.15, 0.2) is 36.4 Å².